The van der Waals surface area contributed by atoms with Gasteiger partial charge in [-0.3, -0.25) is 0 Å². The maximum Gasteiger partial charge on any atom is 0.253 e. The van der Waals surface area contributed by atoms with Crippen molar-refractivity contribution >= 4 is 20.0 Å². The summed E-state index contributed by atoms with van der Waals surface area (Å²) in [5.41, 5.74) is 0. The number of hydrogen-bond acceptors (Lipinski definition) is 7. The molecule has 0 spiro atoms. The van der Waals surface area contributed by atoms with Crippen molar-refractivity contribution < 1.29 is 31.4 Å². The minimum Gasteiger partial charge on any atom is -0.508 e. The normalized spacial score (nSPS) is 12.0. The summed E-state index contributed by atoms with van der Waals surface area (Å²) in [7, 11) is -7.24. The lowest BCUT2D eigenvalue weighted by Gasteiger charge is -2.10. The summed E-state index contributed by atoms with van der Waals surface area (Å²) >= 11 is 0. The molecular weight excluding hydrogens is 370 g/mol. The van der Waals surface area contributed by atoms with Gasteiger partial charge in [-0.1, -0.05) is 12.1 Å². The van der Waals surface area contributed by atoms with Crippen molar-refractivity contribution in [1.29, 1.82) is 0 Å². The minimum atomic E-state index is -4.38. The lowest BCUT2D eigenvalue weighted by Crippen LogP contribution is -2.30. The van der Waals surface area contributed by atoms with Crippen molar-refractivity contribution in [1.82, 2.24) is 4.13 Å². The fourth-order valence-electron chi connectivity index (χ4n) is 1.87. The molecule has 0 heterocycles. The Morgan fingerprint density at radius 3 is 2.12 bits per heavy atom. The number of methoxy groups -OCH3 is 1. The van der Waals surface area contributed by atoms with Crippen LogP contribution < -0.4 is 8.86 Å². The van der Waals surface area contributed by atoms with E-state index in [1.165, 1.54) is 43.5 Å². The van der Waals surface area contributed by atoms with E-state index in [0.717, 1.165) is 6.07 Å². The second-order valence-electron chi connectivity index (χ2n) is 4.90. The fraction of sp³-hybridized carbons (Fsp3) is 0.200. The van der Waals surface area contributed by atoms with Gasteiger partial charge in [0, 0.05) is 13.2 Å². The third-order valence-corrected chi connectivity index (χ3v) is 6.52. The van der Waals surface area contributed by atoms with Gasteiger partial charge in [0.05, 0.1) is 16.4 Å². The molecule has 0 aliphatic heterocycles. The lowest BCUT2D eigenvalue weighted by atomic mass is 10.3. The Morgan fingerprint density at radius 2 is 1.52 bits per heavy atom. The smallest absolute Gasteiger partial charge is 0.253 e. The molecular formula is C15H17NO7S2. The van der Waals surface area contributed by atoms with Gasteiger partial charge in [0.15, 0.2) is 0 Å². The highest BCUT2D eigenvalue weighted by Crippen LogP contribution is 2.20. The molecule has 136 valence electrons. The molecule has 0 aliphatic carbocycles. The standard InChI is InChI=1S/C15H17NO7S2/c1-22-8-9-23-13-5-3-7-15(11-13)25(20,21)16-24(18,19)14-6-2-4-12(17)10-14/h2-7,10-11,16-17H,8-9H2,1H3. The average molecular weight is 387 g/mol. The van der Waals surface area contributed by atoms with Crippen LogP contribution in [0, 0.1) is 0 Å². The molecule has 0 saturated heterocycles. The van der Waals surface area contributed by atoms with Crippen molar-refractivity contribution in [3.05, 3.63) is 48.5 Å². The number of benzene rings is 2. The Morgan fingerprint density at radius 1 is 0.920 bits per heavy atom. The van der Waals surface area contributed by atoms with Crippen LogP contribution >= 0.6 is 0 Å². The molecule has 0 bridgehead atoms. The van der Waals surface area contributed by atoms with Crippen LogP contribution in [0.1, 0.15) is 0 Å². The molecule has 25 heavy (non-hydrogen) atoms. The molecule has 0 unspecified atom stereocenters. The lowest BCUT2D eigenvalue weighted by molar-refractivity contribution is 0.146. The summed E-state index contributed by atoms with van der Waals surface area (Å²) in [4.78, 5) is -0.644. The molecule has 0 fully saturated rings. The zero-order valence-electron chi connectivity index (χ0n) is 13.2. The average Bonchev–Trinajstić information content (AvgIpc) is 2.54. The Bertz CT molecular complexity index is 940. The summed E-state index contributed by atoms with van der Waals surface area (Å²) in [5.74, 6) is -0.0384. The van der Waals surface area contributed by atoms with E-state index in [0.29, 0.717) is 6.61 Å². The van der Waals surface area contributed by atoms with E-state index in [4.69, 9.17) is 9.47 Å². The van der Waals surface area contributed by atoms with Crippen LogP contribution in [0.4, 0.5) is 0 Å². The third kappa shape index (κ3) is 5.16. The van der Waals surface area contributed by atoms with Crippen molar-refractivity contribution in [2.75, 3.05) is 20.3 Å². The van der Waals surface area contributed by atoms with Gasteiger partial charge in [0.1, 0.15) is 18.1 Å². The predicted octanol–water partition coefficient (Wildman–Crippen LogP) is 1.08. The van der Waals surface area contributed by atoms with Crippen LogP contribution in [-0.4, -0.2) is 42.3 Å². The van der Waals surface area contributed by atoms with Crippen LogP contribution in [0.5, 0.6) is 11.5 Å². The quantitative estimate of drug-likeness (QED) is 0.651. The predicted molar refractivity (Wildman–Crippen MR) is 89.4 cm³/mol. The Balaban J connectivity index is 2.25. The minimum absolute atomic E-state index is 0.217. The number of phenolic OH excluding ortho intramolecular Hbond substituents is 1. The number of hydrogen-bond donors (Lipinski definition) is 2. The van der Waals surface area contributed by atoms with Gasteiger partial charge in [0.25, 0.3) is 20.0 Å². The van der Waals surface area contributed by atoms with Gasteiger partial charge < -0.3 is 14.6 Å². The summed E-state index contributed by atoms with van der Waals surface area (Å²) in [6.07, 6.45) is 0. The molecule has 8 nitrogen and oxygen atoms in total. The number of ether oxygens (including phenoxy) is 2. The Hall–Kier alpha value is -2.14. The number of rotatable bonds is 8. The van der Waals surface area contributed by atoms with Gasteiger partial charge in [0.2, 0.25) is 0 Å². The first kappa shape index (κ1) is 19.2. The monoisotopic (exact) mass is 387 g/mol. The summed E-state index contributed by atoms with van der Waals surface area (Å²) in [6.45, 7) is 0.538. The first-order chi connectivity index (χ1) is 11.7. The van der Waals surface area contributed by atoms with Crippen LogP contribution in [0.15, 0.2) is 58.3 Å². The number of aromatic hydroxyl groups is 1. The second kappa shape index (κ2) is 7.83. The van der Waals surface area contributed by atoms with Gasteiger partial charge in [-0.15, -0.1) is 4.13 Å². The first-order valence-electron chi connectivity index (χ1n) is 7.04. The summed E-state index contributed by atoms with van der Waals surface area (Å²) in [5, 5.41) is 9.36. The van der Waals surface area contributed by atoms with E-state index in [2.05, 4.69) is 0 Å². The molecule has 0 aliphatic rings. The number of phenols is 1. The highest BCUT2D eigenvalue weighted by atomic mass is 32.3. The van der Waals surface area contributed by atoms with E-state index < -0.39 is 20.0 Å². The zero-order valence-corrected chi connectivity index (χ0v) is 14.9. The van der Waals surface area contributed by atoms with E-state index in [-0.39, 0.29) is 27.9 Å². The van der Waals surface area contributed by atoms with Crippen molar-refractivity contribution in [2.45, 2.75) is 9.79 Å². The third-order valence-electron chi connectivity index (χ3n) is 3.02. The van der Waals surface area contributed by atoms with Gasteiger partial charge >= 0.3 is 0 Å². The highest BCUT2D eigenvalue weighted by molar-refractivity contribution is 8.04. The van der Waals surface area contributed by atoms with Gasteiger partial charge in [-0.05, 0) is 30.3 Å². The molecule has 0 amide bonds. The summed E-state index contributed by atoms with van der Waals surface area (Å²) < 4.78 is 60.9. The topological polar surface area (TPSA) is 119 Å². The summed E-state index contributed by atoms with van der Waals surface area (Å²) in [6, 6.07) is 10.1. The fourth-order valence-corrected chi connectivity index (χ4v) is 4.85. The van der Waals surface area contributed by atoms with Crippen LogP contribution in [0.25, 0.3) is 0 Å². The van der Waals surface area contributed by atoms with Crippen LogP contribution in [-0.2, 0) is 24.8 Å². The molecule has 0 saturated carbocycles. The number of sulfonamides is 2. The molecule has 10 heteroatoms. The van der Waals surface area contributed by atoms with E-state index in [9.17, 15) is 21.9 Å². The molecule has 2 rings (SSSR count). The Kier molecular flexibility index (Phi) is 6.01. The van der Waals surface area contributed by atoms with E-state index >= 15 is 0 Å². The van der Waals surface area contributed by atoms with E-state index in [1.54, 1.807) is 10.2 Å². The van der Waals surface area contributed by atoms with E-state index in [1.807, 2.05) is 0 Å². The molecule has 2 aromatic carbocycles. The molecule has 0 radical (unpaired) electrons. The zero-order chi connectivity index (χ0) is 18.5. The van der Waals surface area contributed by atoms with Crippen molar-refractivity contribution in [2.24, 2.45) is 0 Å². The maximum atomic E-state index is 12.4. The van der Waals surface area contributed by atoms with Crippen molar-refractivity contribution in [3.63, 3.8) is 0 Å². The maximum absolute atomic E-state index is 12.4. The second-order valence-corrected chi connectivity index (χ2v) is 8.53. The molecule has 0 atom stereocenters. The number of nitrogens with one attached hydrogen (secondary N) is 1. The molecule has 0 aromatic heterocycles. The SMILES string of the molecule is COCCOc1cccc(S(=O)(=O)NS(=O)(=O)c2cccc(O)c2)c1. The highest BCUT2D eigenvalue weighted by Gasteiger charge is 2.25. The molecule has 2 N–H and O–H groups in total. The Labute approximate surface area is 146 Å². The molecule has 2 aromatic rings. The van der Waals surface area contributed by atoms with Crippen molar-refractivity contribution in [3.8, 4) is 11.5 Å². The van der Waals surface area contributed by atoms with Crippen LogP contribution in [0.3, 0.4) is 0 Å². The van der Waals surface area contributed by atoms with Gasteiger partial charge in [-0.2, -0.15) is 0 Å². The first-order valence-corrected chi connectivity index (χ1v) is 10.0. The largest absolute Gasteiger partial charge is 0.508 e. The van der Waals surface area contributed by atoms with Crippen LogP contribution in [0.2, 0.25) is 0 Å². The van der Waals surface area contributed by atoms with Gasteiger partial charge in [-0.25, -0.2) is 16.8 Å².